The van der Waals surface area contributed by atoms with Crippen LogP contribution in [0.3, 0.4) is 0 Å². The van der Waals surface area contributed by atoms with Crippen LogP contribution in [0.25, 0.3) is 0 Å². The van der Waals surface area contributed by atoms with Crippen molar-refractivity contribution in [2.45, 2.75) is 17.5 Å². The largest absolute Gasteiger partial charge is 0.418 e. The summed E-state index contributed by atoms with van der Waals surface area (Å²) in [6.07, 6.45) is -8.26. The molecular weight excluding hydrogens is 293 g/mol. The Morgan fingerprint density at radius 1 is 1.24 bits per heavy atom. The van der Waals surface area contributed by atoms with Crippen LogP contribution in [0, 0.1) is 0 Å². The minimum atomic E-state index is -5.27. The van der Waals surface area contributed by atoms with Crippen molar-refractivity contribution >= 4 is 19.7 Å². The van der Waals surface area contributed by atoms with Crippen molar-refractivity contribution in [3.05, 3.63) is 23.5 Å². The van der Waals surface area contributed by atoms with E-state index in [4.69, 9.17) is 10.7 Å². The van der Waals surface area contributed by atoms with Gasteiger partial charge in [0.15, 0.2) is 0 Å². The van der Waals surface area contributed by atoms with Crippen LogP contribution in [0.4, 0.5) is 22.0 Å². The summed E-state index contributed by atoms with van der Waals surface area (Å²) in [4.78, 5) is 1.52. The predicted molar refractivity (Wildman–Crippen MR) is 47.2 cm³/mol. The molecule has 0 aromatic carbocycles. The molecule has 0 atom stereocenters. The molecule has 3 nitrogen and oxygen atoms in total. The van der Waals surface area contributed by atoms with Crippen molar-refractivity contribution in [1.82, 2.24) is 4.98 Å². The smallest absolute Gasteiger partial charge is 0.263 e. The molecule has 1 heterocycles. The van der Waals surface area contributed by atoms with Gasteiger partial charge in [-0.05, 0) is 0 Å². The van der Waals surface area contributed by atoms with E-state index in [2.05, 4.69) is 4.98 Å². The highest BCUT2D eigenvalue weighted by atomic mass is 35.7. The number of hydrogen-bond acceptors (Lipinski definition) is 3. The van der Waals surface area contributed by atoms with E-state index in [9.17, 15) is 30.4 Å². The molecule has 0 aliphatic rings. The molecule has 10 heteroatoms. The predicted octanol–water partition coefficient (Wildman–Crippen LogP) is 2.97. The number of pyridine rings is 1. The van der Waals surface area contributed by atoms with Gasteiger partial charge in [0.2, 0.25) is 0 Å². The maximum atomic E-state index is 12.5. The van der Waals surface area contributed by atoms with E-state index in [0.29, 0.717) is 0 Å². The zero-order valence-electron chi connectivity index (χ0n) is 7.67. The highest BCUT2D eigenvalue weighted by Gasteiger charge is 2.41. The summed E-state index contributed by atoms with van der Waals surface area (Å²) >= 11 is 0. The van der Waals surface area contributed by atoms with Crippen molar-refractivity contribution in [3.63, 3.8) is 0 Å². The van der Waals surface area contributed by atoms with Crippen LogP contribution in [0.2, 0.25) is 0 Å². The molecule has 0 unspecified atom stereocenters. The van der Waals surface area contributed by atoms with Crippen LogP contribution >= 0.6 is 10.7 Å². The number of alkyl halides is 5. The molecule has 0 radical (unpaired) electrons. The quantitative estimate of drug-likeness (QED) is 0.622. The Morgan fingerprint density at radius 3 is 2.12 bits per heavy atom. The third kappa shape index (κ3) is 3.03. The lowest BCUT2D eigenvalue weighted by Gasteiger charge is -2.14. The molecule has 0 saturated carbocycles. The first-order valence-corrected chi connectivity index (χ1v) is 6.14. The van der Waals surface area contributed by atoms with Gasteiger partial charge in [0.25, 0.3) is 15.5 Å². The summed E-state index contributed by atoms with van der Waals surface area (Å²) in [5.74, 6) is 0. The minimum absolute atomic E-state index is 0.249. The lowest BCUT2D eigenvalue weighted by atomic mass is 10.1. The molecular formula is C7H3ClF5NO2S. The summed E-state index contributed by atoms with van der Waals surface area (Å²) in [6.45, 7) is 0. The fraction of sp³-hybridized carbons (Fsp3) is 0.286. The zero-order chi connectivity index (χ0) is 13.4. The van der Waals surface area contributed by atoms with Crippen molar-refractivity contribution in [1.29, 1.82) is 0 Å². The highest BCUT2D eigenvalue weighted by Crippen LogP contribution is 2.40. The van der Waals surface area contributed by atoms with Crippen molar-refractivity contribution in [2.24, 2.45) is 0 Å². The van der Waals surface area contributed by atoms with Crippen LogP contribution < -0.4 is 0 Å². The Morgan fingerprint density at radius 2 is 1.76 bits per heavy atom. The molecule has 0 spiro atoms. The second-order valence-corrected chi connectivity index (χ2v) is 5.37. The minimum Gasteiger partial charge on any atom is -0.263 e. The highest BCUT2D eigenvalue weighted by molar-refractivity contribution is 8.13. The Kier molecular flexibility index (Phi) is 3.63. The van der Waals surface area contributed by atoms with Crippen molar-refractivity contribution < 1.29 is 30.4 Å². The molecule has 0 fully saturated rings. The average molecular weight is 296 g/mol. The second kappa shape index (κ2) is 4.37. The number of rotatable bonds is 2. The van der Waals surface area contributed by atoms with Crippen LogP contribution in [-0.4, -0.2) is 13.4 Å². The zero-order valence-corrected chi connectivity index (χ0v) is 9.24. The average Bonchev–Trinajstić information content (AvgIpc) is 2.13. The maximum absolute atomic E-state index is 12.5. The van der Waals surface area contributed by atoms with Gasteiger partial charge in [0, 0.05) is 28.6 Å². The second-order valence-electron chi connectivity index (χ2n) is 2.84. The van der Waals surface area contributed by atoms with Gasteiger partial charge in [-0.25, -0.2) is 17.2 Å². The third-order valence-corrected chi connectivity index (χ3v) is 3.06. The van der Waals surface area contributed by atoms with Gasteiger partial charge in [0.1, 0.15) is 4.90 Å². The molecule has 1 aromatic rings. The fourth-order valence-electron chi connectivity index (χ4n) is 1.11. The van der Waals surface area contributed by atoms with Crippen molar-refractivity contribution in [2.75, 3.05) is 0 Å². The molecule has 0 aliphatic heterocycles. The Labute approximate surface area is 96.6 Å². The normalized spacial score (nSPS) is 13.1. The van der Waals surface area contributed by atoms with Crippen LogP contribution in [0.15, 0.2) is 17.3 Å². The van der Waals surface area contributed by atoms with Gasteiger partial charge in [-0.1, -0.05) is 0 Å². The Bertz CT molecular complexity index is 528. The van der Waals surface area contributed by atoms with Gasteiger partial charge in [-0.15, -0.1) is 0 Å². The van der Waals surface area contributed by atoms with Crippen molar-refractivity contribution in [3.8, 4) is 0 Å². The first-order chi connectivity index (χ1) is 7.55. The van der Waals surface area contributed by atoms with E-state index in [0.717, 1.165) is 0 Å². The van der Waals surface area contributed by atoms with E-state index < -0.39 is 37.7 Å². The molecule has 1 rings (SSSR count). The summed E-state index contributed by atoms with van der Waals surface area (Å²) < 4.78 is 84.0. The molecule has 1 aromatic heterocycles. The monoisotopic (exact) mass is 295 g/mol. The SMILES string of the molecule is O=S(=O)(Cl)c1cncc(C(F)F)c1C(F)(F)F. The van der Waals surface area contributed by atoms with Gasteiger partial charge < -0.3 is 0 Å². The van der Waals surface area contributed by atoms with Gasteiger partial charge >= 0.3 is 6.18 Å². The molecule has 96 valence electrons. The van der Waals surface area contributed by atoms with Gasteiger partial charge in [-0.2, -0.15) is 13.2 Å². The van der Waals surface area contributed by atoms with E-state index in [1.807, 2.05) is 0 Å². The molecule has 0 aliphatic carbocycles. The topological polar surface area (TPSA) is 47.0 Å². The molecule has 0 N–H and O–H groups in total. The van der Waals surface area contributed by atoms with E-state index in [-0.39, 0.29) is 12.4 Å². The van der Waals surface area contributed by atoms with E-state index >= 15 is 0 Å². The van der Waals surface area contributed by atoms with Gasteiger partial charge in [0.05, 0.1) is 5.56 Å². The summed E-state index contributed by atoms with van der Waals surface area (Å²) in [5, 5.41) is 0. The fourth-order valence-corrected chi connectivity index (χ4v) is 2.13. The van der Waals surface area contributed by atoms with Crippen LogP contribution in [0.1, 0.15) is 17.6 Å². The Balaban J connectivity index is 3.70. The van der Waals surface area contributed by atoms with Gasteiger partial charge in [-0.3, -0.25) is 4.98 Å². The van der Waals surface area contributed by atoms with E-state index in [1.54, 1.807) is 0 Å². The first-order valence-electron chi connectivity index (χ1n) is 3.83. The lowest BCUT2D eigenvalue weighted by Crippen LogP contribution is -2.15. The molecule has 0 bridgehead atoms. The first kappa shape index (κ1) is 14.1. The Hall–Kier alpha value is -0.960. The summed E-state index contributed by atoms with van der Waals surface area (Å²) in [6, 6.07) is 0. The summed E-state index contributed by atoms with van der Waals surface area (Å²) in [7, 11) is -0.0825. The van der Waals surface area contributed by atoms with Crippen LogP contribution in [-0.2, 0) is 15.2 Å². The number of hydrogen-bond donors (Lipinski definition) is 0. The van der Waals surface area contributed by atoms with Crippen LogP contribution in [0.5, 0.6) is 0 Å². The number of nitrogens with zero attached hydrogens (tertiary/aromatic N) is 1. The molecule has 0 amide bonds. The molecule has 17 heavy (non-hydrogen) atoms. The summed E-state index contributed by atoms with van der Waals surface area (Å²) in [5.41, 5.74) is -3.52. The lowest BCUT2D eigenvalue weighted by molar-refractivity contribution is -0.141. The number of halogens is 6. The number of aromatic nitrogens is 1. The maximum Gasteiger partial charge on any atom is 0.418 e. The third-order valence-electron chi connectivity index (χ3n) is 1.72. The standard InChI is InChI=1S/C7H3ClF5NO2S/c8-17(15,16)4-2-14-1-3(6(9)10)5(4)7(11,12)13/h1-2,6H. The van der Waals surface area contributed by atoms with E-state index in [1.165, 1.54) is 0 Å². The molecule has 0 saturated heterocycles.